The molecule has 1 unspecified atom stereocenters. The number of aromatic nitrogens is 2. The van der Waals surface area contributed by atoms with Crippen molar-refractivity contribution in [3.63, 3.8) is 0 Å². The number of ether oxygens (including phenoxy) is 1. The quantitative estimate of drug-likeness (QED) is 0.577. The molecule has 33 heavy (non-hydrogen) atoms. The number of benzene rings is 2. The molecule has 3 aromatic rings. The topological polar surface area (TPSA) is 106 Å². The number of hydrogen-bond acceptors (Lipinski definition) is 7. The van der Waals surface area contributed by atoms with E-state index in [4.69, 9.17) is 9.57 Å². The van der Waals surface area contributed by atoms with E-state index in [1.807, 2.05) is 55.5 Å². The molecule has 0 saturated carbocycles. The number of rotatable bonds is 7. The lowest BCUT2D eigenvalue weighted by atomic mass is 9.89. The van der Waals surface area contributed by atoms with Crippen LogP contribution in [0.3, 0.4) is 0 Å². The van der Waals surface area contributed by atoms with Crippen molar-refractivity contribution in [2.45, 2.75) is 39.0 Å². The van der Waals surface area contributed by atoms with Crippen LogP contribution in [-0.2, 0) is 23.6 Å². The third-order valence-corrected chi connectivity index (χ3v) is 5.59. The first-order chi connectivity index (χ1) is 15.9. The van der Waals surface area contributed by atoms with E-state index >= 15 is 0 Å². The summed E-state index contributed by atoms with van der Waals surface area (Å²) in [5, 5.41) is 16.4. The number of nitrogens with zero attached hydrogens (tertiary/aromatic N) is 3. The van der Waals surface area contributed by atoms with Crippen LogP contribution in [-0.4, -0.2) is 33.8 Å². The van der Waals surface area contributed by atoms with Crippen LogP contribution >= 0.6 is 0 Å². The maximum atomic E-state index is 12.8. The molecule has 8 heteroatoms. The number of amides is 1. The summed E-state index contributed by atoms with van der Waals surface area (Å²) in [4.78, 5) is 27.3. The number of aliphatic hydroxyl groups is 1. The molecule has 2 heterocycles. The minimum absolute atomic E-state index is 0.0108. The van der Waals surface area contributed by atoms with E-state index in [0.29, 0.717) is 30.2 Å². The lowest BCUT2D eigenvalue weighted by Gasteiger charge is -2.22. The largest absolute Gasteiger partial charge is 0.497 e. The van der Waals surface area contributed by atoms with E-state index in [2.05, 4.69) is 20.4 Å². The van der Waals surface area contributed by atoms with Gasteiger partial charge in [-0.1, -0.05) is 41.6 Å². The molecule has 170 valence electrons. The van der Waals surface area contributed by atoms with Crippen molar-refractivity contribution in [2.75, 3.05) is 7.11 Å². The molecule has 1 amide bonds. The third kappa shape index (κ3) is 5.01. The van der Waals surface area contributed by atoms with Gasteiger partial charge < -0.3 is 20.0 Å². The number of carbonyl (C=O) groups excluding carboxylic acids is 1. The van der Waals surface area contributed by atoms with Gasteiger partial charge in [0.05, 0.1) is 19.4 Å². The van der Waals surface area contributed by atoms with Crippen molar-refractivity contribution < 1.29 is 19.5 Å². The number of nitrogens with one attached hydrogen (secondary N) is 1. The standard InChI is InChI=1S/C25H26N4O4/c1-16-27-21(23-13-25(2,33-29-23)19-8-4-18(15-30)5-9-19)12-22(28-16)24(31)26-14-17-6-10-20(32-3)11-7-17/h4-12,30H,13-15H2,1-3H3,(H,26,31). The van der Waals surface area contributed by atoms with Gasteiger partial charge in [0.1, 0.15) is 23.0 Å². The Morgan fingerprint density at radius 1 is 1.12 bits per heavy atom. The van der Waals surface area contributed by atoms with Gasteiger partial charge in [0.25, 0.3) is 5.91 Å². The maximum Gasteiger partial charge on any atom is 0.270 e. The van der Waals surface area contributed by atoms with Crippen molar-refractivity contribution in [2.24, 2.45) is 5.16 Å². The summed E-state index contributed by atoms with van der Waals surface area (Å²) in [7, 11) is 1.61. The number of methoxy groups -OCH3 is 1. The van der Waals surface area contributed by atoms with Crippen LogP contribution in [0.4, 0.5) is 0 Å². The third-order valence-electron chi connectivity index (χ3n) is 5.59. The molecule has 0 bridgehead atoms. The summed E-state index contributed by atoms with van der Waals surface area (Å²) in [5.41, 5.74) is 3.56. The molecule has 1 aliphatic heterocycles. The van der Waals surface area contributed by atoms with E-state index in [9.17, 15) is 9.90 Å². The van der Waals surface area contributed by atoms with Gasteiger partial charge in [0.15, 0.2) is 5.60 Å². The van der Waals surface area contributed by atoms with Gasteiger partial charge in [-0.3, -0.25) is 4.79 Å². The van der Waals surface area contributed by atoms with E-state index in [1.54, 1.807) is 20.1 Å². The van der Waals surface area contributed by atoms with Gasteiger partial charge in [-0.25, -0.2) is 9.97 Å². The molecule has 8 nitrogen and oxygen atoms in total. The number of aryl methyl sites for hydroxylation is 1. The molecular weight excluding hydrogens is 420 g/mol. The lowest BCUT2D eigenvalue weighted by molar-refractivity contribution is -0.00741. The molecule has 0 saturated heterocycles. The normalized spacial score (nSPS) is 17.3. The Hall–Kier alpha value is -3.78. The first-order valence-electron chi connectivity index (χ1n) is 10.6. The molecule has 0 spiro atoms. The second kappa shape index (κ2) is 9.38. The molecule has 0 radical (unpaired) electrons. The molecule has 1 atom stereocenters. The van der Waals surface area contributed by atoms with Gasteiger partial charge in [0.2, 0.25) is 0 Å². The highest BCUT2D eigenvalue weighted by molar-refractivity contribution is 6.02. The summed E-state index contributed by atoms with van der Waals surface area (Å²) < 4.78 is 5.16. The fourth-order valence-electron chi connectivity index (χ4n) is 3.64. The minimum atomic E-state index is -0.654. The number of carbonyl (C=O) groups is 1. The van der Waals surface area contributed by atoms with Gasteiger partial charge in [-0.2, -0.15) is 0 Å². The van der Waals surface area contributed by atoms with Crippen LogP contribution in [0.5, 0.6) is 5.75 Å². The van der Waals surface area contributed by atoms with Crippen LogP contribution in [0.15, 0.2) is 59.8 Å². The van der Waals surface area contributed by atoms with E-state index in [-0.39, 0.29) is 18.2 Å². The zero-order chi connectivity index (χ0) is 23.4. The molecule has 1 aromatic heterocycles. The highest BCUT2D eigenvalue weighted by Crippen LogP contribution is 2.35. The molecular formula is C25H26N4O4. The smallest absolute Gasteiger partial charge is 0.270 e. The van der Waals surface area contributed by atoms with E-state index < -0.39 is 5.60 Å². The van der Waals surface area contributed by atoms with Gasteiger partial charge in [0, 0.05) is 13.0 Å². The average Bonchev–Trinajstić information content (AvgIpc) is 3.26. The van der Waals surface area contributed by atoms with E-state index in [0.717, 1.165) is 22.4 Å². The van der Waals surface area contributed by atoms with Crippen molar-refractivity contribution in [1.82, 2.24) is 15.3 Å². The fourth-order valence-corrected chi connectivity index (χ4v) is 3.64. The molecule has 2 N–H and O–H groups in total. The predicted molar refractivity (Wildman–Crippen MR) is 123 cm³/mol. The summed E-state index contributed by atoms with van der Waals surface area (Å²) in [6.45, 7) is 4.05. The highest BCUT2D eigenvalue weighted by atomic mass is 16.7. The van der Waals surface area contributed by atoms with Crippen LogP contribution in [0, 0.1) is 6.92 Å². The molecule has 2 aromatic carbocycles. The summed E-state index contributed by atoms with van der Waals surface area (Å²) in [5.74, 6) is 0.946. The van der Waals surface area contributed by atoms with Crippen LogP contribution in [0.25, 0.3) is 0 Å². The summed E-state index contributed by atoms with van der Waals surface area (Å²) >= 11 is 0. The molecule has 0 aliphatic carbocycles. The minimum Gasteiger partial charge on any atom is -0.497 e. The average molecular weight is 447 g/mol. The summed E-state index contributed by atoms with van der Waals surface area (Å²) in [6.07, 6.45) is 0.495. The van der Waals surface area contributed by atoms with Crippen LogP contribution < -0.4 is 10.1 Å². The van der Waals surface area contributed by atoms with Crippen LogP contribution in [0.1, 0.15) is 52.0 Å². The number of aliphatic hydroxyl groups excluding tert-OH is 1. The first-order valence-corrected chi connectivity index (χ1v) is 10.6. The molecule has 0 fully saturated rings. The second-order valence-corrected chi connectivity index (χ2v) is 8.11. The van der Waals surface area contributed by atoms with Gasteiger partial charge >= 0.3 is 0 Å². The fraction of sp³-hybridized carbons (Fsp3) is 0.280. The van der Waals surface area contributed by atoms with Crippen LogP contribution in [0.2, 0.25) is 0 Å². The second-order valence-electron chi connectivity index (χ2n) is 8.11. The van der Waals surface area contributed by atoms with Gasteiger partial charge in [-0.05, 0) is 48.7 Å². The summed E-state index contributed by atoms with van der Waals surface area (Å²) in [6, 6.07) is 16.7. The van der Waals surface area contributed by atoms with Crippen molar-refractivity contribution in [3.05, 3.63) is 88.5 Å². The van der Waals surface area contributed by atoms with Crippen molar-refractivity contribution in [1.29, 1.82) is 0 Å². The van der Waals surface area contributed by atoms with E-state index in [1.165, 1.54) is 0 Å². The monoisotopic (exact) mass is 446 g/mol. The Labute approximate surface area is 192 Å². The molecule has 1 aliphatic rings. The predicted octanol–water partition coefficient (Wildman–Crippen LogP) is 3.26. The number of hydrogen-bond donors (Lipinski definition) is 2. The Bertz CT molecular complexity index is 1180. The van der Waals surface area contributed by atoms with Gasteiger partial charge in [-0.15, -0.1) is 0 Å². The Balaban J connectivity index is 1.46. The molecule has 4 rings (SSSR count). The Kier molecular flexibility index (Phi) is 6.37. The highest BCUT2D eigenvalue weighted by Gasteiger charge is 2.37. The van der Waals surface area contributed by atoms with Crippen molar-refractivity contribution >= 4 is 11.6 Å². The zero-order valence-corrected chi connectivity index (χ0v) is 18.8. The SMILES string of the molecule is COc1ccc(CNC(=O)c2cc(C3=NOC(C)(c4ccc(CO)cc4)C3)nc(C)n2)cc1. The van der Waals surface area contributed by atoms with Crippen molar-refractivity contribution in [3.8, 4) is 5.75 Å². The number of oxime groups is 1. The Morgan fingerprint density at radius 2 is 1.82 bits per heavy atom. The first kappa shape index (κ1) is 22.4. The zero-order valence-electron chi connectivity index (χ0n) is 18.8. The Morgan fingerprint density at radius 3 is 2.48 bits per heavy atom. The maximum absolute atomic E-state index is 12.8. The lowest BCUT2D eigenvalue weighted by Crippen LogP contribution is -2.25.